The minimum atomic E-state index is -3.98. The van der Waals surface area contributed by atoms with Gasteiger partial charge in [-0.25, -0.2) is 22.7 Å². The maximum absolute atomic E-state index is 13.4. The number of hydrogen-bond donors (Lipinski definition) is 6. The molecule has 268 valence electrons. The van der Waals surface area contributed by atoms with E-state index in [1.165, 1.54) is 29.0 Å². The summed E-state index contributed by atoms with van der Waals surface area (Å²) in [6, 6.07) is 6.67. The molecule has 18 heteroatoms. The van der Waals surface area contributed by atoms with Crippen molar-refractivity contribution in [3.63, 3.8) is 0 Å². The van der Waals surface area contributed by atoms with Crippen LogP contribution in [0.3, 0.4) is 0 Å². The van der Waals surface area contributed by atoms with Crippen LogP contribution in [0.15, 0.2) is 46.2 Å². The van der Waals surface area contributed by atoms with Crippen molar-refractivity contribution in [3.05, 3.63) is 52.5 Å². The summed E-state index contributed by atoms with van der Waals surface area (Å²) < 4.78 is 37.4. The lowest BCUT2D eigenvalue weighted by Gasteiger charge is -2.35. The van der Waals surface area contributed by atoms with E-state index in [2.05, 4.69) is 20.1 Å². The Balaban J connectivity index is 1.12. The number of carboxylic acids is 2. The van der Waals surface area contributed by atoms with Gasteiger partial charge >= 0.3 is 11.9 Å². The third-order valence-electron chi connectivity index (χ3n) is 8.97. The number of carbonyl (C=O) groups is 3. The number of carboxylic acid groups (broad SMARTS) is 2. The van der Waals surface area contributed by atoms with Crippen molar-refractivity contribution in [2.75, 3.05) is 11.9 Å². The van der Waals surface area contributed by atoms with Crippen LogP contribution in [-0.4, -0.2) is 83.2 Å². The number of alkyl halides is 2. The molecule has 0 aromatic heterocycles. The number of rotatable bonds is 14. The Morgan fingerprint density at radius 2 is 1.80 bits per heavy atom. The first kappa shape index (κ1) is 37.9. The highest BCUT2D eigenvalue weighted by Gasteiger charge is 2.48. The summed E-state index contributed by atoms with van der Waals surface area (Å²) in [6.45, 7) is 1.35. The van der Waals surface area contributed by atoms with Crippen LogP contribution in [0.1, 0.15) is 50.2 Å². The van der Waals surface area contributed by atoms with E-state index in [0.717, 1.165) is 25.7 Å². The monoisotopic (exact) mass is 777 g/mol. The van der Waals surface area contributed by atoms with Crippen molar-refractivity contribution < 1.29 is 37.8 Å². The number of fused-ring (bicyclic) bond motifs is 2. The molecule has 2 heterocycles. The zero-order chi connectivity index (χ0) is 35.5. The summed E-state index contributed by atoms with van der Waals surface area (Å²) in [7, 11) is -3.98. The molecule has 1 unspecified atom stereocenters. The maximum atomic E-state index is 13.4. The molecule has 13 nitrogen and oxygen atoms in total. The number of ether oxygens (including phenoxy) is 1. The first-order valence-electron chi connectivity index (χ1n) is 15.7. The number of carbonyl (C=O) groups excluding carboxylic acids is 1. The summed E-state index contributed by atoms with van der Waals surface area (Å²) in [5, 5.41) is 25.5. The molecule has 1 saturated heterocycles. The van der Waals surface area contributed by atoms with Crippen LogP contribution in [-0.2, 0) is 42.3 Å². The van der Waals surface area contributed by atoms with E-state index < -0.39 is 57.0 Å². The quantitative estimate of drug-likeness (QED) is 0.119. The van der Waals surface area contributed by atoms with Crippen LogP contribution in [0.25, 0.3) is 0 Å². The number of anilines is 1. The second-order valence-electron chi connectivity index (χ2n) is 12.3. The van der Waals surface area contributed by atoms with Gasteiger partial charge in [0.2, 0.25) is 15.9 Å². The van der Waals surface area contributed by atoms with Crippen LogP contribution in [0.5, 0.6) is 0 Å². The zero-order valence-corrected chi connectivity index (χ0v) is 30.3. The number of hydrogen-bond acceptors (Lipinski definition) is 10. The smallest absolute Gasteiger partial charge is 0.326 e. The van der Waals surface area contributed by atoms with E-state index in [1.807, 2.05) is 0 Å². The third kappa shape index (κ3) is 9.13. The minimum absolute atomic E-state index is 0.0128. The molecule has 6 N–H and O–H groups in total. The Morgan fingerprint density at radius 1 is 1.10 bits per heavy atom. The fraction of sp³-hybridized carbons (Fsp3) is 0.516. The number of sulfonamides is 1. The average Bonchev–Trinajstić information content (AvgIpc) is 3.46. The lowest BCUT2D eigenvalue weighted by atomic mass is 9.84. The van der Waals surface area contributed by atoms with Gasteiger partial charge in [-0.2, -0.15) is 0 Å². The number of nitrogens with one attached hydrogen (secondary N) is 4. The average molecular weight is 779 g/mol. The van der Waals surface area contributed by atoms with E-state index in [-0.39, 0.29) is 41.6 Å². The fourth-order valence-corrected chi connectivity index (χ4v) is 9.36. The molecule has 6 atom stereocenters. The number of amides is 1. The lowest BCUT2D eigenvalue weighted by molar-refractivity contribution is -0.151. The van der Waals surface area contributed by atoms with Gasteiger partial charge in [-0.1, -0.05) is 48.7 Å². The van der Waals surface area contributed by atoms with E-state index in [4.69, 9.17) is 39.5 Å². The van der Waals surface area contributed by atoms with E-state index in [0.29, 0.717) is 28.1 Å². The molecule has 0 bridgehead atoms. The van der Waals surface area contributed by atoms with Gasteiger partial charge in [0, 0.05) is 17.5 Å². The number of halogens is 3. The molecular formula is C31H38Cl3N5O8S2. The largest absolute Gasteiger partial charge is 0.480 e. The van der Waals surface area contributed by atoms with E-state index in [9.17, 15) is 33.0 Å². The minimum Gasteiger partial charge on any atom is -0.480 e. The SMILES string of the molecule is C[C@H](N[C@@H](COCc1ccc(CNS(=O)(=O)c2cc3c(cc2Cl)NC(C(Cl)Cl)NS3)cc1)C(=O)O)C(=O)N1[C@@H]2CCCC[C@@H]2C[C@H]1C(=O)O. The predicted molar refractivity (Wildman–Crippen MR) is 186 cm³/mol. The van der Waals surface area contributed by atoms with Crippen LogP contribution in [0, 0.1) is 5.92 Å². The Bertz CT molecular complexity index is 1650. The highest BCUT2D eigenvalue weighted by Crippen LogP contribution is 2.40. The molecule has 1 aliphatic carbocycles. The number of aliphatic carboxylic acids is 2. The fourth-order valence-electron chi connectivity index (χ4n) is 6.47. The van der Waals surface area contributed by atoms with E-state index in [1.54, 1.807) is 31.2 Å². The Kier molecular flexibility index (Phi) is 12.6. The standard InChI is InChI=1S/C31H38Cl3N5O8S2/c1-16(29(40)39-23-5-3-2-4-19(23)10-24(39)31(43)44)36-22(30(41)42)15-47-14-18-8-6-17(7-9-18)13-35-49(45,46)26-12-25-21(11-20(26)32)37-28(27(33)34)38-48-25/h6-9,11-12,16,19,22-24,27-28,35-38H,2-5,10,13-15H2,1H3,(H,41,42)(H,43,44)/t16-,19+,22-,23+,24-,28?/m0/s1. The summed E-state index contributed by atoms with van der Waals surface area (Å²) in [5.74, 6) is -2.53. The first-order valence-corrected chi connectivity index (χ1v) is 19.3. The molecule has 3 aliphatic rings. The molecule has 0 spiro atoms. The normalized spacial score (nSPS) is 23.3. The molecule has 2 aliphatic heterocycles. The molecule has 2 fully saturated rings. The number of likely N-dealkylation sites (tertiary alicyclic amines) is 1. The van der Waals surface area contributed by atoms with Gasteiger partial charge in [0.1, 0.15) is 28.0 Å². The highest BCUT2D eigenvalue weighted by atomic mass is 35.5. The van der Waals surface area contributed by atoms with Crippen molar-refractivity contribution in [1.29, 1.82) is 0 Å². The molecule has 5 rings (SSSR count). The summed E-state index contributed by atoms with van der Waals surface area (Å²) in [6.07, 6.45) is 3.53. The summed E-state index contributed by atoms with van der Waals surface area (Å²) in [5.41, 5.74) is 1.98. The van der Waals surface area contributed by atoms with Crippen molar-refractivity contribution >= 4 is 80.3 Å². The molecule has 2 aromatic carbocycles. The van der Waals surface area contributed by atoms with Gasteiger partial charge in [-0.3, -0.25) is 14.9 Å². The number of benzene rings is 2. The molecule has 0 radical (unpaired) electrons. The second-order valence-corrected chi connectivity index (χ2v) is 16.5. The van der Waals surface area contributed by atoms with Gasteiger partial charge < -0.3 is 25.2 Å². The Hall–Kier alpha value is -2.34. The zero-order valence-electron chi connectivity index (χ0n) is 26.4. The van der Waals surface area contributed by atoms with E-state index >= 15 is 0 Å². The lowest BCUT2D eigenvalue weighted by Crippen LogP contribution is -2.56. The highest BCUT2D eigenvalue weighted by molar-refractivity contribution is 7.97. The van der Waals surface area contributed by atoms with Crippen LogP contribution in [0.2, 0.25) is 5.02 Å². The molecule has 1 amide bonds. The second kappa shape index (κ2) is 16.3. The van der Waals surface area contributed by atoms with Gasteiger partial charge in [-0.15, -0.1) is 23.2 Å². The predicted octanol–water partition coefficient (Wildman–Crippen LogP) is 4.16. The van der Waals surface area contributed by atoms with Crippen molar-refractivity contribution in [2.45, 2.75) is 97.1 Å². The first-order chi connectivity index (χ1) is 23.2. The third-order valence-corrected chi connectivity index (χ3v) is 12.3. The number of nitrogens with zero attached hydrogens (tertiary/aromatic N) is 1. The molecule has 49 heavy (non-hydrogen) atoms. The van der Waals surface area contributed by atoms with Crippen LogP contribution < -0.4 is 20.1 Å². The summed E-state index contributed by atoms with van der Waals surface area (Å²) >= 11 is 19.4. The topological polar surface area (TPSA) is 186 Å². The molecule has 1 saturated carbocycles. The van der Waals surface area contributed by atoms with Gasteiger partial charge in [-0.05, 0) is 67.3 Å². The molecular weight excluding hydrogens is 741 g/mol. The van der Waals surface area contributed by atoms with Crippen molar-refractivity contribution in [2.24, 2.45) is 5.92 Å². The van der Waals surface area contributed by atoms with Crippen LogP contribution >= 0.6 is 46.8 Å². The van der Waals surface area contributed by atoms with Gasteiger partial charge in [0.05, 0.1) is 30.0 Å². The Labute approximate surface area is 303 Å². The van der Waals surface area contributed by atoms with Gasteiger partial charge in [0.25, 0.3) is 0 Å². The van der Waals surface area contributed by atoms with Crippen molar-refractivity contribution in [1.82, 2.24) is 19.7 Å². The Morgan fingerprint density at radius 3 is 2.47 bits per heavy atom. The molecule has 2 aromatic rings. The van der Waals surface area contributed by atoms with Crippen molar-refractivity contribution in [3.8, 4) is 0 Å². The maximum Gasteiger partial charge on any atom is 0.326 e. The summed E-state index contributed by atoms with van der Waals surface area (Å²) in [4.78, 5) is 38.6. The van der Waals surface area contributed by atoms with Crippen LogP contribution in [0.4, 0.5) is 5.69 Å². The van der Waals surface area contributed by atoms with Gasteiger partial charge in [0.15, 0.2) is 0 Å².